The van der Waals surface area contributed by atoms with Crippen molar-refractivity contribution in [2.75, 3.05) is 0 Å². The molecule has 2 nitrogen and oxygen atoms in total. The van der Waals surface area contributed by atoms with E-state index in [9.17, 15) is 4.79 Å². The SMILES string of the molecule is C#CCC(N)C(=O)Cc1cccc(Cl)c1Cl. The van der Waals surface area contributed by atoms with E-state index in [4.69, 9.17) is 35.4 Å². The van der Waals surface area contributed by atoms with Crippen LogP contribution in [-0.2, 0) is 11.2 Å². The zero-order valence-corrected chi connectivity index (χ0v) is 10.1. The molecule has 1 rings (SSSR count). The lowest BCUT2D eigenvalue weighted by Crippen LogP contribution is -2.31. The molecule has 1 unspecified atom stereocenters. The number of rotatable bonds is 4. The summed E-state index contributed by atoms with van der Waals surface area (Å²) in [5.74, 6) is 2.22. The number of carbonyl (C=O) groups excluding carboxylic acids is 1. The molecule has 0 aliphatic heterocycles. The Bertz CT molecular complexity index is 437. The molecule has 84 valence electrons. The zero-order chi connectivity index (χ0) is 12.1. The van der Waals surface area contributed by atoms with Crippen molar-refractivity contribution in [1.29, 1.82) is 0 Å². The first kappa shape index (κ1) is 13.1. The van der Waals surface area contributed by atoms with E-state index in [1.54, 1.807) is 18.2 Å². The molecule has 0 aliphatic rings. The lowest BCUT2D eigenvalue weighted by molar-refractivity contribution is -0.119. The molecule has 0 heterocycles. The molecule has 1 aromatic rings. The molecule has 0 aliphatic carbocycles. The van der Waals surface area contributed by atoms with Gasteiger partial charge in [0.25, 0.3) is 0 Å². The van der Waals surface area contributed by atoms with Crippen LogP contribution in [0.1, 0.15) is 12.0 Å². The molecule has 1 aromatic carbocycles. The van der Waals surface area contributed by atoms with Crippen molar-refractivity contribution in [3.63, 3.8) is 0 Å². The van der Waals surface area contributed by atoms with Crippen LogP contribution >= 0.6 is 23.2 Å². The van der Waals surface area contributed by atoms with Crippen LogP contribution in [0, 0.1) is 12.3 Å². The van der Waals surface area contributed by atoms with Gasteiger partial charge in [-0.1, -0.05) is 35.3 Å². The topological polar surface area (TPSA) is 43.1 Å². The van der Waals surface area contributed by atoms with E-state index in [0.29, 0.717) is 15.6 Å². The maximum absolute atomic E-state index is 11.6. The Morgan fingerprint density at radius 1 is 1.50 bits per heavy atom. The van der Waals surface area contributed by atoms with Crippen LogP contribution in [0.15, 0.2) is 18.2 Å². The fourth-order valence-electron chi connectivity index (χ4n) is 1.24. The third-order valence-electron chi connectivity index (χ3n) is 2.15. The number of benzene rings is 1. The Kier molecular flexibility index (Phi) is 4.82. The van der Waals surface area contributed by atoms with E-state index in [0.717, 1.165) is 0 Å². The Hall–Kier alpha value is -1.01. The third-order valence-corrected chi connectivity index (χ3v) is 3.01. The highest BCUT2D eigenvalue weighted by Crippen LogP contribution is 2.26. The van der Waals surface area contributed by atoms with Gasteiger partial charge in [-0.05, 0) is 11.6 Å². The predicted octanol–water partition coefficient (Wildman–Crippen LogP) is 2.46. The van der Waals surface area contributed by atoms with E-state index in [2.05, 4.69) is 5.92 Å². The van der Waals surface area contributed by atoms with Crippen molar-refractivity contribution in [2.24, 2.45) is 5.73 Å². The van der Waals surface area contributed by atoms with E-state index >= 15 is 0 Å². The van der Waals surface area contributed by atoms with E-state index in [1.807, 2.05) is 0 Å². The Labute approximate surface area is 105 Å². The van der Waals surface area contributed by atoms with Gasteiger partial charge in [0, 0.05) is 12.8 Å². The maximum atomic E-state index is 11.6. The van der Waals surface area contributed by atoms with E-state index < -0.39 is 6.04 Å². The molecule has 0 amide bonds. The average Bonchev–Trinajstić information content (AvgIpc) is 2.25. The number of hydrogen-bond acceptors (Lipinski definition) is 2. The number of hydrogen-bond donors (Lipinski definition) is 1. The quantitative estimate of drug-likeness (QED) is 0.841. The van der Waals surface area contributed by atoms with Gasteiger partial charge in [0.2, 0.25) is 0 Å². The molecular formula is C12H11Cl2NO. The van der Waals surface area contributed by atoms with Crippen molar-refractivity contribution in [3.8, 4) is 12.3 Å². The zero-order valence-electron chi connectivity index (χ0n) is 8.54. The van der Waals surface area contributed by atoms with Crippen molar-refractivity contribution < 1.29 is 4.79 Å². The summed E-state index contributed by atoms with van der Waals surface area (Å²) in [5.41, 5.74) is 6.27. The Balaban J connectivity index is 2.78. The minimum atomic E-state index is -0.639. The van der Waals surface area contributed by atoms with E-state index in [1.165, 1.54) is 0 Å². The summed E-state index contributed by atoms with van der Waals surface area (Å²) < 4.78 is 0. The third kappa shape index (κ3) is 3.24. The summed E-state index contributed by atoms with van der Waals surface area (Å²) in [6.45, 7) is 0. The molecule has 0 bridgehead atoms. The first-order valence-corrected chi connectivity index (χ1v) is 5.46. The highest BCUT2D eigenvalue weighted by Gasteiger charge is 2.15. The summed E-state index contributed by atoms with van der Waals surface area (Å²) in [4.78, 5) is 11.6. The Morgan fingerprint density at radius 3 is 2.81 bits per heavy atom. The molecule has 16 heavy (non-hydrogen) atoms. The number of carbonyl (C=O) groups is 1. The fourth-order valence-corrected chi connectivity index (χ4v) is 1.63. The van der Waals surface area contributed by atoms with Gasteiger partial charge in [0.1, 0.15) is 0 Å². The number of terminal acetylenes is 1. The van der Waals surface area contributed by atoms with Crippen molar-refractivity contribution >= 4 is 29.0 Å². The van der Waals surface area contributed by atoms with Crippen LogP contribution < -0.4 is 5.73 Å². The normalized spacial score (nSPS) is 11.9. The van der Waals surface area contributed by atoms with Gasteiger partial charge in [-0.3, -0.25) is 4.79 Å². The molecule has 0 spiro atoms. The maximum Gasteiger partial charge on any atom is 0.154 e. The van der Waals surface area contributed by atoms with Crippen molar-refractivity contribution in [2.45, 2.75) is 18.9 Å². The largest absolute Gasteiger partial charge is 0.321 e. The monoisotopic (exact) mass is 255 g/mol. The Morgan fingerprint density at radius 2 is 2.19 bits per heavy atom. The molecule has 2 N–H and O–H groups in total. The van der Waals surface area contributed by atoms with Gasteiger partial charge in [0.05, 0.1) is 16.1 Å². The summed E-state index contributed by atoms with van der Waals surface area (Å²) >= 11 is 11.8. The van der Waals surface area contributed by atoms with Gasteiger partial charge < -0.3 is 5.73 Å². The number of nitrogens with two attached hydrogens (primary N) is 1. The first-order chi connectivity index (χ1) is 7.56. The molecule has 1 atom stereocenters. The van der Waals surface area contributed by atoms with Crippen LogP contribution in [0.4, 0.5) is 0 Å². The van der Waals surface area contributed by atoms with Crippen molar-refractivity contribution in [3.05, 3.63) is 33.8 Å². The molecule has 0 saturated carbocycles. The molecule has 0 radical (unpaired) electrons. The standard InChI is InChI=1S/C12H11Cl2NO/c1-2-4-10(15)11(16)7-8-5-3-6-9(13)12(8)14/h1,3,5-6,10H,4,7,15H2. The van der Waals surface area contributed by atoms with Gasteiger partial charge >= 0.3 is 0 Å². The molecule has 0 saturated heterocycles. The van der Waals surface area contributed by atoms with E-state index in [-0.39, 0.29) is 18.6 Å². The number of halogens is 2. The van der Waals surface area contributed by atoms with Crippen LogP contribution in [-0.4, -0.2) is 11.8 Å². The predicted molar refractivity (Wildman–Crippen MR) is 66.6 cm³/mol. The second-order valence-electron chi connectivity index (χ2n) is 3.37. The van der Waals surface area contributed by atoms with Gasteiger partial charge in [-0.25, -0.2) is 0 Å². The van der Waals surface area contributed by atoms with Gasteiger partial charge in [-0.15, -0.1) is 12.3 Å². The van der Waals surface area contributed by atoms with Gasteiger partial charge in [0.15, 0.2) is 5.78 Å². The molecule has 0 aromatic heterocycles. The first-order valence-electron chi connectivity index (χ1n) is 4.71. The minimum Gasteiger partial charge on any atom is -0.321 e. The highest BCUT2D eigenvalue weighted by atomic mass is 35.5. The molecular weight excluding hydrogens is 245 g/mol. The average molecular weight is 256 g/mol. The summed E-state index contributed by atoms with van der Waals surface area (Å²) in [6.07, 6.45) is 5.47. The van der Waals surface area contributed by atoms with Crippen LogP contribution in [0.2, 0.25) is 10.0 Å². The fraction of sp³-hybridized carbons (Fsp3) is 0.250. The minimum absolute atomic E-state index is 0.137. The second-order valence-corrected chi connectivity index (χ2v) is 4.16. The molecule has 4 heteroatoms. The van der Waals surface area contributed by atoms with Crippen LogP contribution in [0.3, 0.4) is 0 Å². The number of Topliss-reactive ketones (excluding diaryl/α,β-unsaturated/α-hetero) is 1. The molecule has 0 fully saturated rings. The summed E-state index contributed by atoms with van der Waals surface area (Å²) in [5, 5.41) is 0.822. The van der Waals surface area contributed by atoms with Crippen LogP contribution in [0.25, 0.3) is 0 Å². The van der Waals surface area contributed by atoms with Crippen molar-refractivity contribution in [1.82, 2.24) is 0 Å². The summed E-state index contributed by atoms with van der Waals surface area (Å²) in [7, 11) is 0. The second kappa shape index (κ2) is 5.91. The van der Waals surface area contributed by atoms with Gasteiger partial charge in [-0.2, -0.15) is 0 Å². The number of ketones is 1. The summed E-state index contributed by atoms with van der Waals surface area (Å²) in [6, 6.07) is 4.51. The lowest BCUT2D eigenvalue weighted by atomic mass is 10.0. The highest BCUT2D eigenvalue weighted by molar-refractivity contribution is 6.42. The smallest absolute Gasteiger partial charge is 0.154 e. The lowest BCUT2D eigenvalue weighted by Gasteiger charge is -2.08. The van der Waals surface area contributed by atoms with Crippen LogP contribution in [0.5, 0.6) is 0 Å².